The molecular formula is C22H19F3N2O3. The van der Waals surface area contributed by atoms with Crippen LogP contribution in [0.25, 0.3) is 10.8 Å². The van der Waals surface area contributed by atoms with Crippen LogP contribution in [0.5, 0.6) is 11.5 Å². The zero-order valence-corrected chi connectivity index (χ0v) is 16.0. The summed E-state index contributed by atoms with van der Waals surface area (Å²) >= 11 is 0. The maximum atomic E-state index is 12.7. The molecule has 5 nitrogen and oxygen atoms in total. The predicted molar refractivity (Wildman–Crippen MR) is 108 cm³/mol. The van der Waals surface area contributed by atoms with Crippen LogP contribution in [0, 0.1) is 0 Å². The Bertz CT molecular complexity index is 1090. The number of benzene rings is 3. The fourth-order valence-corrected chi connectivity index (χ4v) is 2.78. The second-order valence-corrected chi connectivity index (χ2v) is 6.63. The molecule has 156 valence electrons. The van der Waals surface area contributed by atoms with Crippen LogP contribution in [0.1, 0.15) is 22.8 Å². The Hall–Kier alpha value is -3.23. The van der Waals surface area contributed by atoms with Gasteiger partial charge in [0.25, 0.3) is 5.91 Å². The Labute approximate surface area is 170 Å². The normalized spacial score (nSPS) is 13.3. The van der Waals surface area contributed by atoms with Gasteiger partial charge in [0.2, 0.25) is 0 Å². The predicted octanol–water partition coefficient (Wildman–Crippen LogP) is 4.57. The van der Waals surface area contributed by atoms with Crippen molar-refractivity contribution in [2.75, 3.05) is 6.54 Å². The Kier molecular flexibility index (Phi) is 6.19. The molecule has 30 heavy (non-hydrogen) atoms. The third-order valence-corrected chi connectivity index (χ3v) is 4.48. The molecule has 8 heteroatoms. The monoisotopic (exact) mass is 416 g/mol. The summed E-state index contributed by atoms with van der Waals surface area (Å²) in [5.41, 5.74) is 5.14. The average Bonchev–Trinajstić information content (AvgIpc) is 2.72. The highest BCUT2D eigenvalue weighted by molar-refractivity contribution is 6.06. The minimum absolute atomic E-state index is 0.0367. The van der Waals surface area contributed by atoms with E-state index in [0.717, 1.165) is 12.1 Å². The van der Waals surface area contributed by atoms with E-state index in [1.807, 2.05) is 0 Å². The zero-order chi connectivity index (χ0) is 21.9. The van der Waals surface area contributed by atoms with Gasteiger partial charge in [0, 0.05) is 23.2 Å². The molecule has 0 fully saturated rings. The Morgan fingerprint density at radius 1 is 1.13 bits per heavy atom. The van der Waals surface area contributed by atoms with Crippen molar-refractivity contribution in [1.29, 1.82) is 0 Å². The Morgan fingerprint density at radius 2 is 1.83 bits per heavy atom. The van der Waals surface area contributed by atoms with Crippen LogP contribution >= 0.6 is 0 Å². The molecule has 0 spiro atoms. The van der Waals surface area contributed by atoms with Crippen LogP contribution in [0.3, 0.4) is 0 Å². The van der Waals surface area contributed by atoms with Crippen molar-refractivity contribution in [3.63, 3.8) is 0 Å². The maximum Gasteiger partial charge on any atom is 0.416 e. The molecule has 3 N–H and O–H groups in total. The van der Waals surface area contributed by atoms with E-state index < -0.39 is 23.8 Å². The summed E-state index contributed by atoms with van der Waals surface area (Å²) in [5, 5.41) is 11.0. The highest BCUT2D eigenvalue weighted by atomic mass is 19.4. The van der Waals surface area contributed by atoms with Crippen LogP contribution in [-0.4, -0.2) is 29.4 Å². The largest absolute Gasteiger partial charge is 0.457 e. The molecule has 0 bridgehead atoms. The van der Waals surface area contributed by atoms with Crippen molar-refractivity contribution in [1.82, 2.24) is 0 Å². The van der Waals surface area contributed by atoms with Crippen molar-refractivity contribution >= 4 is 22.4 Å². The molecule has 1 amide bonds. The number of halogens is 3. The Balaban J connectivity index is 1.87. The molecule has 0 radical (unpaired) electrons. The van der Waals surface area contributed by atoms with Crippen LogP contribution in [0.2, 0.25) is 0 Å². The van der Waals surface area contributed by atoms with E-state index in [1.165, 1.54) is 19.1 Å². The van der Waals surface area contributed by atoms with E-state index in [4.69, 9.17) is 10.5 Å². The van der Waals surface area contributed by atoms with Gasteiger partial charge in [-0.25, -0.2) is 4.99 Å². The van der Waals surface area contributed by atoms with Gasteiger partial charge < -0.3 is 15.6 Å². The van der Waals surface area contributed by atoms with Gasteiger partial charge in [-0.2, -0.15) is 13.2 Å². The number of hydrogen-bond acceptors (Lipinski definition) is 4. The fourth-order valence-electron chi connectivity index (χ4n) is 2.78. The molecular weight excluding hydrogens is 397 g/mol. The molecule has 0 saturated carbocycles. The number of amides is 1. The Morgan fingerprint density at radius 3 is 2.47 bits per heavy atom. The molecule has 0 aromatic heterocycles. The van der Waals surface area contributed by atoms with E-state index in [1.54, 1.807) is 36.4 Å². The van der Waals surface area contributed by atoms with Gasteiger partial charge in [-0.1, -0.05) is 12.1 Å². The highest BCUT2D eigenvalue weighted by Crippen LogP contribution is 2.33. The molecule has 0 saturated heterocycles. The topological polar surface area (TPSA) is 84.9 Å². The van der Waals surface area contributed by atoms with Gasteiger partial charge in [0.05, 0.1) is 5.56 Å². The molecule has 0 aliphatic carbocycles. The summed E-state index contributed by atoms with van der Waals surface area (Å²) in [7, 11) is 0. The number of aliphatic hydroxyl groups excluding tert-OH is 1. The van der Waals surface area contributed by atoms with Crippen molar-refractivity contribution in [2.24, 2.45) is 10.7 Å². The standard InChI is InChI=1S/C22H19F3N2O3/c1-13(19(28)12-26)27-21(29)15-5-10-18-14(11-15)3-2-4-20(18)30-17-8-6-16(7-9-17)22(23,24)25/h2-11,19,28H,12,26H2,1H3/b27-13+/t19-/m1/s1. The van der Waals surface area contributed by atoms with Crippen LogP contribution < -0.4 is 10.5 Å². The lowest BCUT2D eigenvalue weighted by atomic mass is 10.1. The number of alkyl halides is 3. The number of aliphatic hydroxyl groups is 1. The molecule has 0 aliphatic rings. The van der Waals surface area contributed by atoms with Gasteiger partial charge in [-0.05, 0) is 60.8 Å². The van der Waals surface area contributed by atoms with Crippen LogP contribution in [0.15, 0.2) is 65.7 Å². The number of carbonyl (C=O) groups excluding carboxylic acids is 1. The average molecular weight is 416 g/mol. The molecule has 3 aromatic rings. The first kappa shape index (κ1) is 21.5. The van der Waals surface area contributed by atoms with Crippen LogP contribution in [0.4, 0.5) is 13.2 Å². The number of nitrogens with two attached hydrogens (primary N) is 1. The third kappa shape index (κ3) is 4.84. The number of fused-ring (bicyclic) bond motifs is 1. The summed E-state index contributed by atoms with van der Waals surface area (Å²) in [6.45, 7) is 1.48. The van der Waals surface area contributed by atoms with E-state index >= 15 is 0 Å². The summed E-state index contributed by atoms with van der Waals surface area (Å²) in [6, 6.07) is 14.4. The molecule has 1 atom stereocenters. The third-order valence-electron chi connectivity index (χ3n) is 4.48. The molecule has 0 heterocycles. The molecule has 0 aliphatic heterocycles. The number of aliphatic imine (C=N–C) groups is 1. The minimum atomic E-state index is -4.41. The van der Waals surface area contributed by atoms with E-state index in [9.17, 15) is 23.1 Å². The van der Waals surface area contributed by atoms with Gasteiger partial charge in [0.1, 0.15) is 17.6 Å². The first-order valence-electron chi connectivity index (χ1n) is 9.04. The summed E-state index contributed by atoms with van der Waals surface area (Å²) < 4.78 is 43.9. The van der Waals surface area contributed by atoms with Crippen molar-refractivity contribution in [3.05, 3.63) is 71.8 Å². The first-order chi connectivity index (χ1) is 14.2. The number of hydrogen-bond donors (Lipinski definition) is 2. The van der Waals surface area contributed by atoms with E-state index in [-0.39, 0.29) is 18.0 Å². The lowest BCUT2D eigenvalue weighted by molar-refractivity contribution is -0.137. The molecule has 3 rings (SSSR count). The first-order valence-corrected chi connectivity index (χ1v) is 9.04. The second-order valence-electron chi connectivity index (χ2n) is 6.63. The van der Waals surface area contributed by atoms with E-state index in [2.05, 4.69) is 4.99 Å². The summed E-state index contributed by atoms with van der Waals surface area (Å²) in [6.07, 6.45) is -5.40. The van der Waals surface area contributed by atoms with Crippen LogP contribution in [-0.2, 0) is 6.18 Å². The lowest BCUT2D eigenvalue weighted by Gasteiger charge is -2.11. The number of rotatable bonds is 5. The maximum absolute atomic E-state index is 12.7. The van der Waals surface area contributed by atoms with Gasteiger partial charge >= 0.3 is 6.18 Å². The second kappa shape index (κ2) is 8.64. The van der Waals surface area contributed by atoms with Crippen molar-refractivity contribution < 1.29 is 27.8 Å². The molecule has 3 aromatic carbocycles. The SMILES string of the molecule is C/C(=N\C(=O)c1ccc2c(Oc3ccc(C(F)(F)F)cc3)cccc2c1)[C@H](O)CN. The fraction of sp³-hybridized carbons (Fsp3) is 0.182. The quantitative estimate of drug-likeness (QED) is 0.597. The molecule has 0 unspecified atom stereocenters. The number of nitrogens with zero attached hydrogens (tertiary/aromatic N) is 1. The van der Waals surface area contributed by atoms with Crippen molar-refractivity contribution in [3.8, 4) is 11.5 Å². The minimum Gasteiger partial charge on any atom is -0.457 e. The summed E-state index contributed by atoms with van der Waals surface area (Å²) in [4.78, 5) is 16.2. The zero-order valence-electron chi connectivity index (χ0n) is 16.0. The summed E-state index contributed by atoms with van der Waals surface area (Å²) in [5.74, 6) is 0.173. The smallest absolute Gasteiger partial charge is 0.416 e. The highest BCUT2D eigenvalue weighted by Gasteiger charge is 2.30. The van der Waals surface area contributed by atoms with Gasteiger partial charge in [-0.3, -0.25) is 4.79 Å². The number of carbonyl (C=O) groups is 1. The van der Waals surface area contributed by atoms with E-state index in [0.29, 0.717) is 22.1 Å². The van der Waals surface area contributed by atoms with Gasteiger partial charge in [0.15, 0.2) is 0 Å². The number of ether oxygens (including phenoxy) is 1. The van der Waals surface area contributed by atoms with Gasteiger partial charge in [-0.15, -0.1) is 0 Å². The van der Waals surface area contributed by atoms with Crippen molar-refractivity contribution in [2.45, 2.75) is 19.2 Å². The lowest BCUT2D eigenvalue weighted by Crippen LogP contribution is -2.27.